The van der Waals surface area contributed by atoms with Crippen molar-refractivity contribution in [1.29, 1.82) is 5.41 Å². The van der Waals surface area contributed by atoms with Crippen molar-refractivity contribution in [2.45, 2.75) is 6.61 Å². The minimum atomic E-state index is -0.332. The summed E-state index contributed by atoms with van der Waals surface area (Å²) in [7, 11) is 0. The van der Waals surface area contributed by atoms with Crippen molar-refractivity contribution in [3.8, 4) is 5.75 Å². The van der Waals surface area contributed by atoms with Crippen molar-refractivity contribution in [3.05, 3.63) is 76.3 Å². The number of benzene rings is 2. The molecule has 8 heteroatoms. The molecule has 3 rings (SSSR count). The monoisotopic (exact) mass is 371 g/mol. The molecule has 0 fully saturated rings. The van der Waals surface area contributed by atoms with Gasteiger partial charge in [0.05, 0.1) is 16.3 Å². The summed E-state index contributed by atoms with van der Waals surface area (Å²) in [4.78, 5) is 7.71. The van der Waals surface area contributed by atoms with Crippen LogP contribution in [0.3, 0.4) is 0 Å². The average molecular weight is 372 g/mol. The molecule has 1 aromatic heterocycles. The van der Waals surface area contributed by atoms with E-state index in [0.29, 0.717) is 21.9 Å². The lowest BCUT2D eigenvalue weighted by Crippen LogP contribution is -2.12. The normalized spacial score (nSPS) is 10.5. The van der Waals surface area contributed by atoms with Crippen molar-refractivity contribution in [1.82, 2.24) is 9.97 Å². The fourth-order valence-electron chi connectivity index (χ4n) is 2.38. The maximum absolute atomic E-state index is 13.2. The van der Waals surface area contributed by atoms with Gasteiger partial charge in [0.25, 0.3) is 0 Å². The van der Waals surface area contributed by atoms with Crippen molar-refractivity contribution >= 4 is 28.9 Å². The molecule has 5 N–H and O–H groups in total. The number of ether oxygens (including phenoxy) is 1. The summed E-state index contributed by atoms with van der Waals surface area (Å²) in [6.07, 6.45) is 1.23. The largest absolute Gasteiger partial charge is 0.487 e. The highest BCUT2D eigenvalue weighted by Gasteiger charge is 2.15. The quantitative estimate of drug-likeness (QED) is 0.595. The van der Waals surface area contributed by atoms with E-state index in [-0.39, 0.29) is 35.3 Å². The predicted octanol–water partition coefficient (Wildman–Crippen LogP) is 3.43. The van der Waals surface area contributed by atoms with E-state index in [1.165, 1.54) is 18.5 Å². The molecule has 132 valence electrons. The molecule has 0 bridgehead atoms. The fourth-order valence-corrected chi connectivity index (χ4v) is 2.61. The first kappa shape index (κ1) is 17.6. The van der Waals surface area contributed by atoms with Crippen LogP contribution >= 0.6 is 11.6 Å². The Morgan fingerprint density at radius 1 is 1.12 bits per heavy atom. The van der Waals surface area contributed by atoms with Gasteiger partial charge in [-0.3, -0.25) is 5.41 Å². The van der Waals surface area contributed by atoms with E-state index in [0.717, 1.165) is 0 Å². The van der Waals surface area contributed by atoms with E-state index in [2.05, 4.69) is 9.97 Å². The minimum absolute atomic E-state index is 0.0548. The third-order valence-corrected chi connectivity index (χ3v) is 3.96. The van der Waals surface area contributed by atoms with Crippen LogP contribution in [0.1, 0.15) is 16.7 Å². The van der Waals surface area contributed by atoms with Gasteiger partial charge in [-0.15, -0.1) is 0 Å². The summed E-state index contributed by atoms with van der Waals surface area (Å²) < 4.78 is 18.8. The highest BCUT2D eigenvalue weighted by atomic mass is 35.5. The molecule has 6 nitrogen and oxygen atoms in total. The number of nitrogens with two attached hydrogens (primary N) is 2. The summed E-state index contributed by atoms with van der Waals surface area (Å²) in [5.41, 5.74) is 13.1. The maximum atomic E-state index is 13.2. The van der Waals surface area contributed by atoms with Crippen LogP contribution in [0.4, 0.5) is 16.0 Å². The highest BCUT2D eigenvalue weighted by Crippen LogP contribution is 2.28. The van der Waals surface area contributed by atoms with Crippen molar-refractivity contribution in [2.75, 3.05) is 11.5 Å². The first-order valence-corrected chi connectivity index (χ1v) is 7.95. The van der Waals surface area contributed by atoms with E-state index in [9.17, 15) is 4.39 Å². The molecular formula is C18H15ClFN5O. The SMILES string of the molecule is N=C(c1ccc(OCc2cccc(F)c2)c(Cl)c1)c1c(N)ncnc1N. The number of hydrogen-bond acceptors (Lipinski definition) is 6. The Kier molecular flexibility index (Phi) is 4.99. The van der Waals surface area contributed by atoms with Crippen LogP contribution in [-0.4, -0.2) is 15.7 Å². The van der Waals surface area contributed by atoms with Gasteiger partial charge in [0.2, 0.25) is 0 Å². The van der Waals surface area contributed by atoms with Crippen LogP contribution in [0.25, 0.3) is 0 Å². The Balaban J connectivity index is 1.80. The second-order valence-electron chi connectivity index (χ2n) is 5.46. The third-order valence-electron chi connectivity index (χ3n) is 3.66. The fraction of sp³-hybridized carbons (Fsp3) is 0.0556. The molecule has 2 aromatic carbocycles. The molecule has 0 radical (unpaired) electrons. The lowest BCUT2D eigenvalue weighted by Gasteiger charge is -2.12. The van der Waals surface area contributed by atoms with Gasteiger partial charge in [0.1, 0.15) is 36.1 Å². The standard InChI is InChI=1S/C18H15ClFN5O/c19-13-7-11(16(21)15-17(22)24-9-25-18(15)23)4-5-14(13)26-8-10-2-1-3-12(20)6-10/h1-7,9,21H,8H2,(H4,22,23,24,25). The molecule has 1 heterocycles. The second kappa shape index (κ2) is 7.37. The van der Waals surface area contributed by atoms with Crippen molar-refractivity contribution in [2.24, 2.45) is 0 Å². The van der Waals surface area contributed by atoms with Gasteiger partial charge in [-0.05, 0) is 35.9 Å². The summed E-state index contributed by atoms with van der Waals surface area (Å²) >= 11 is 6.25. The molecule has 0 aliphatic heterocycles. The lowest BCUT2D eigenvalue weighted by atomic mass is 10.0. The summed E-state index contributed by atoms with van der Waals surface area (Å²) in [6, 6.07) is 11.0. The smallest absolute Gasteiger partial charge is 0.138 e. The molecule has 3 aromatic rings. The van der Waals surface area contributed by atoms with Crippen LogP contribution in [0.2, 0.25) is 5.02 Å². The van der Waals surface area contributed by atoms with Crippen molar-refractivity contribution < 1.29 is 9.13 Å². The topological polar surface area (TPSA) is 111 Å². The molecule has 26 heavy (non-hydrogen) atoms. The van der Waals surface area contributed by atoms with Crippen LogP contribution < -0.4 is 16.2 Å². The van der Waals surface area contributed by atoms with Gasteiger partial charge in [0, 0.05) is 5.56 Å². The van der Waals surface area contributed by atoms with Gasteiger partial charge in [0.15, 0.2) is 0 Å². The summed E-state index contributed by atoms with van der Waals surface area (Å²) in [6.45, 7) is 0.167. The van der Waals surface area contributed by atoms with Gasteiger partial charge < -0.3 is 16.2 Å². The average Bonchev–Trinajstić information content (AvgIpc) is 2.60. The molecule has 0 atom stereocenters. The number of hydrogen-bond donors (Lipinski definition) is 3. The Morgan fingerprint density at radius 3 is 2.50 bits per heavy atom. The summed E-state index contributed by atoms with van der Waals surface area (Å²) in [5.74, 6) is 0.314. The summed E-state index contributed by atoms with van der Waals surface area (Å²) in [5, 5.41) is 8.60. The van der Waals surface area contributed by atoms with E-state index < -0.39 is 0 Å². The van der Waals surface area contributed by atoms with E-state index in [1.807, 2.05) is 0 Å². The molecule has 0 aliphatic carbocycles. The minimum Gasteiger partial charge on any atom is -0.487 e. The van der Waals surface area contributed by atoms with E-state index >= 15 is 0 Å². The molecule has 0 amide bonds. The van der Waals surface area contributed by atoms with E-state index in [1.54, 1.807) is 30.3 Å². The Bertz CT molecular complexity index is 959. The molecule has 0 aliphatic rings. The molecule has 0 spiro atoms. The van der Waals surface area contributed by atoms with Crippen LogP contribution in [0, 0.1) is 11.2 Å². The Morgan fingerprint density at radius 2 is 1.85 bits per heavy atom. The van der Waals surface area contributed by atoms with Crippen LogP contribution in [0.15, 0.2) is 48.8 Å². The highest BCUT2D eigenvalue weighted by molar-refractivity contribution is 6.32. The van der Waals surface area contributed by atoms with Gasteiger partial charge in [-0.25, -0.2) is 14.4 Å². The zero-order chi connectivity index (χ0) is 18.7. The third kappa shape index (κ3) is 3.73. The van der Waals surface area contributed by atoms with E-state index in [4.69, 9.17) is 33.2 Å². The molecular weight excluding hydrogens is 357 g/mol. The predicted molar refractivity (Wildman–Crippen MR) is 99.0 cm³/mol. The number of halogens is 2. The Labute approximate surface area is 154 Å². The number of nitrogen functional groups attached to an aromatic ring is 2. The first-order chi connectivity index (χ1) is 12.5. The van der Waals surface area contributed by atoms with Gasteiger partial charge in [-0.1, -0.05) is 23.7 Å². The lowest BCUT2D eigenvalue weighted by molar-refractivity contribution is 0.306. The van der Waals surface area contributed by atoms with Crippen LogP contribution in [0.5, 0.6) is 5.75 Å². The number of aromatic nitrogens is 2. The van der Waals surface area contributed by atoms with Crippen LogP contribution in [-0.2, 0) is 6.61 Å². The van der Waals surface area contributed by atoms with Gasteiger partial charge in [-0.2, -0.15) is 0 Å². The van der Waals surface area contributed by atoms with Crippen molar-refractivity contribution in [3.63, 3.8) is 0 Å². The first-order valence-electron chi connectivity index (χ1n) is 7.57. The maximum Gasteiger partial charge on any atom is 0.138 e. The number of anilines is 2. The Hall–Kier alpha value is -3.19. The zero-order valence-electron chi connectivity index (χ0n) is 13.5. The van der Waals surface area contributed by atoms with Gasteiger partial charge >= 0.3 is 0 Å². The number of nitrogens with zero attached hydrogens (tertiary/aromatic N) is 2. The molecule has 0 saturated heterocycles. The molecule has 0 saturated carbocycles. The second-order valence-corrected chi connectivity index (χ2v) is 5.87. The molecule has 0 unspecified atom stereocenters. The zero-order valence-corrected chi connectivity index (χ0v) is 14.3. The number of nitrogens with one attached hydrogen (secondary N) is 1. The number of rotatable bonds is 5.